The van der Waals surface area contributed by atoms with Gasteiger partial charge in [-0.05, 0) is 18.6 Å². The van der Waals surface area contributed by atoms with Crippen LogP contribution in [0.2, 0.25) is 0 Å². The molecular formula is C14H16FNO4. The van der Waals surface area contributed by atoms with E-state index in [1.165, 1.54) is 18.1 Å². The van der Waals surface area contributed by atoms with Gasteiger partial charge >= 0.3 is 5.97 Å². The summed E-state index contributed by atoms with van der Waals surface area (Å²) < 4.78 is 23.9. The van der Waals surface area contributed by atoms with E-state index >= 15 is 0 Å². The molecule has 6 heteroatoms. The average Bonchev–Trinajstić information content (AvgIpc) is 2.48. The molecule has 0 saturated carbocycles. The quantitative estimate of drug-likeness (QED) is 0.763. The fourth-order valence-electron chi connectivity index (χ4n) is 2.15. The molecule has 2 rings (SSSR count). The Balaban J connectivity index is 2.30. The molecular weight excluding hydrogens is 265 g/mol. The highest BCUT2D eigenvalue weighted by molar-refractivity contribution is 5.97. The first-order chi connectivity index (χ1) is 9.56. The zero-order valence-corrected chi connectivity index (χ0v) is 11.4. The number of hydrogen-bond acceptors (Lipinski definition) is 4. The van der Waals surface area contributed by atoms with Crippen molar-refractivity contribution < 1.29 is 23.5 Å². The molecule has 0 N–H and O–H groups in total. The Hall–Kier alpha value is -1.95. The zero-order valence-electron chi connectivity index (χ0n) is 11.4. The van der Waals surface area contributed by atoms with Crippen LogP contribution in [0.4, 0.5) is 4.39 Å². The van der Waals surface area contributed by atoms with E-state index in [4.69, 9.17) is 4.74 Å². The van der Waals surface area contributed by atoms with Crippen molar-refractivity contribution in [2.45, 2.75) is 13.0 Å². The summed E-state index contributed by atoms with van der Waals surface area (Å²) in [5.74, 6) is -1.65. The maximum absolute atomic E-state index is 14.0. The molecule has 1 heterocycles. The lowest BCUT2D eigenvalue weighted by molar-refractivity contribution is -0.151. The van der Waals surface area contributed by atoms with Gasteiger partial charge in [0.25, 0.3) is 5.91 Å². The van der Waals surface area contributed by atoms with Gasteiger partial charge in [-0.25, -0.2) is 9.18 Å². The molecule has 1 saturated heterocycles. The van der Waals surface area contributed by atoms with Crippen LogP contribution in [0.5, 0.6) is 0 Å². The minimum absolute atomic E-state index is 0.0409. The molecule has 0 aromatic heterocycles. The number of hydrogen-bond donors (Lipinski definition) is 0. The lowest BCUT2D eigenvalue weighted by Crippen LogP contribution is -2.53. The molecule has 108 valence electrons. The first-order valence-electron chi connectivity index (χ1n) is 6.28. The van der Waals surface area contributed by atoms with Crippen molar-refractivity contribution in [2.75, 3.05) is 26.9 Å². The van der Waals surface area contributed by atoms with Gasteiger partial charge in [-0.1, -0.05) is 12.1 Å². The van der Waals surface area contributed by atoms with E-state index < -0.39 is 23.7 Å². The largest absolute Gasteiger partial charge is 0.467 e. The highest BCUT2D eigenvalue weighted by atomic mass is 19.1. The number of esters is 1. The second-order valence-corrected chi connectivity index (χ2v) is 4.55. The summed E-state index contributed by atoms with van der Waals surface area (Å²) in [7, 11) is 1.24. The summed E-state index contributed by atoms with van der Waals surface area (Å²) in [6.45, 7) is 2.19. The van der Waals surface area contributed by atoms with Crippen LogP contribution in [-0.2, 0) is 14.3 Å². The van der Waals surface area contributed by atoms with Gasteiger partial charge in [-0.15, -0.1) is 0 Å². The molecule has 1 fully saturated rings. The highest BCUT2D eigenvalue weighted by Gasteiger charge is 2.35. The van der Waals surface area contributed by atoms with Crippen molar-refractivity contribution in [1.29, 1.82) is 0 Å². The predicted octanol–water partition coefficient (Wildman–Crippen LogP) is 1.15. The van der Waals surface area contributed by atoms with Crippen molar-refractivity contribution in [3.05, 3.63) is 35.1 Å². The number of aryl methyl sites for hydroxylation is 1. The van der Waals surface area contributed by atoms with E-state index in [0.717, 1.165) is 0 Å². The first kappa shape index (κ1) is 14.5. The van der Waals surface area contributed by atoms with Crippen LogP contribution in [0.3, 0.4) is 0 Å². The smallest absolute Gasteiger partial charge is 0.331 e. The Morgan fingerprint density at radius 3 is 2.90 bits per heavy atom. The predicted molar refractivity (Wildman–Crippen MR) is 68.8 cm³/mol. The van der Waals surface area contributed by atoms with E-state index in [9.17, 15) is 14.0 Å². The Labute approximate surface area is 116 Å². The Morgan fingerprint density at radius 2 is 2.20 bits per heavy atom. The lowest BCUT2D eigenvalue weighted by atomic mass is 10.1. The van der Waals surface area contributed by atoms with E-state index in [2.05, 4.69) is 4.74 Å². The van der Waals surface area contributed by atoms with Crippen molar-refractivity contribution in [3.63, 3.8) is 0 Å². The number of ether oxygens (including phenoxy) is 2. The second kappa shape index (κ2) is 6.00. The molecule has 1 aromatic rings. The number of rotatable bonds is 2. The van der Waals surface area contributed by atoms with Crippen molar-refractivity contribution in [3.8, 4) is 0 Å². The number of carbonyl (C=O) groups excluding carboxylic acids is 2. The van der Waals surface area contributed by atoms with E-state index in [1.807, 2.05) is 0 Å². The van der Waals surface area contributed by atoms with Crippen LogP contribution >= 0.6 is 0 Å². The monoisotopic (exact) mass is 281 g/mol. The molecule has 0 spiro atoms. The Morgan fingerprint density at radius 1 is 1.45 bits per heavy atom. The third-order valence-corrected chi connectivity index (χ3v) is 3.28. The Bertz CT molecular complexity index is 532. The topological polar surface area (TPSA) is 55.8 Å². The van der Waals surface area contributed by atoms with Gasteiger partial charge in [-0.3, -0.25) is 4.79 Å². The summed E-state index contributed by atoms with van der Waals surface area (Å²) >= 11 is 0. The van der Waals surface area contributed by atoms with Crippen LogP contribution < -0.4 is 0 Å². The van der Waals surface area contributed by atoms with Crippen LogP contribution in [0.1, 0.15) is 15.9 Å². The summed E-state index contributed by atoms with van der Waals surface area (Å²) in [6, 6.07) is 3.78. The summed E-state index contributed by atoms with van der Waals surface area (Å²) in [5, 5.41) is 0. The van der Waals surface area contributed by atoms with E-state index in [1.54, 1.807) is 19.1 Å². The molecule has 1 atom stereocenters. The van der Waals surface area contributed by atoms with Crippen LogP contribution in [0.25, 0.3) is 0 Å². The van der Waals surface area contributed by atoms with E-state index in [-0.39, 0.29) is 18.7 Å². The van der Waals surface area contributed by atoms with Crippen molar-refractivity contribution in [1.82, 2.24) is 4.90 Å². The highest BCUT2D eigenvalue weighted by Crippen LogP contribution is 2.18. The van der Waals surface area contributed by atoms with Gasteiger partial charge in [0.2, 0.25) is 0 Å². The molecule has 0 radical (unpaired) electrons. The molecule has 1 amide bonds. The summed E-state index contributed by atoms with van der Waals surface area (Å²) in [5.41, 5.74) is 0.347. The summed E-state index contributed by atoms with van der Waals surface area (Å²) in [6.07, 6.45) is 0. The number of morpholine rings is 1. The third kappa shape index (κ3) is 2.65. The third-order valence-electron chi connectivity index (χ3n) is 3.28. The molecule has 20 heavy (non-hydrogen) atoms. The number of nitrogens with zero attached hydrogens (tertiary/aromatic N) is 1. The number of halogens is 1. The standard InChI is InChI=1S/C14H16FNO4/c1-9-4-3-5-10(12(9)15)13(17)16-6-7-20-8-11(16)14(18)19-2/h3-5,11H,6-8H2,1-2H3. The molecule has 0 bridgehead atoms. The molecule has 1 aliphatic rings. The number of benzene rings is 1. The molecule has 1 unspecified atom stereocenters. The van der Waals surface area contributed by atoms with Gasteiger partial charge in [0.15, 0.2) is 6.04 Å². The normalized spacial score (nSPS) is 18.8. The fraction of sp³-hybridized carbons (Fsp3) is 0.429. The van der Waals surface area contributed by atoms with Gasteiger partial charge in [0, 0.05) is 6.54 Å². The average molecular weight is 281 g/mol. The first-order valence-corrected chi connectivity index (χ1v) is 6.28. The molecule has 1 aliphatic heterocycles. The van der Waals surface area contributed by atoms with E-state index in [0.29, 0.717) is 12.2 Å². The molecule has 0 aliphatic carbocycles. The lowest BCUT2D eigenvalue weighted by Gasteiger charge is -2.33. The molecule has 5 nitrogen and oxygen atoms in total. The van der Waals surface area contributed by atoms with Crippen molar-refractivity contribution in [2.24, 2.45) is 0 Å². The minimum atomic E-state index is -0.832. The maximum atomic E-state index is 14.0. The van der Waals surface area contributed by atoms with Crippen LogP contribution in [0.15, 0.2) is 18.2 Å². The number of carbonyl (C=O) groups is 2. The van der Waals surface area contributed by atoms with Gasteiger partial charge in [0.05, 0.1) is 25.9 Å². The fourth-order valence-corrected chi connectivity index (χ4v) is 2.15. The van der Waals surface area contributed by atoms with Gasteiger partial charge in [-0.2, -0.15) is 0 Å². The zero-order chi connectivity index (χ0) is 14.7. The summed E-state index contributed by atoms with van der Waals surface area (Å²) in [4.78, 5) is 25.4. The number of methoxy groups -OCH3 is 1. The molecule has 1 aromatic carbocycles. The second-order valence-electron chi connectivity index (χ2n) is 4.55. The van der Waals surface area contributed by atoms with Gasteiger partial charge < -0.3 is 14.4 Å². The van der Waals surface area contributed by atoms with Crippen LogP contribution in [0, 0.1) is 12.7 Å². The Kier molecular flexibility index (Phi) is 4.34. The number of amides is 1. The van der Waals surface area contributed by atoms with Crippen molar-refractivity contribution >= 4 is 11.9 Å². The van der Waals surface area contributed by atoms with Crippen LogP contribution in [-0.4, -0.2) is 49.7 Å². The SMILES string of the molecule is COC(=O)C1COCCN1C(=O)c1cccc(C)c1F. The van der Waals surface area contributed by atoms with Gasteiger partial charge in [0.1, 0.15) is 5.82 Å². The minimum Gasteiger partial charge on any atom is -0.467 e. The maximum Gasteiger partial charge on any atom is 0.331 e.